The third-order valence-corrected chi connectivity index (χ3v) is 11.1. The second kappa shape index (κ2) is 28.5. The van der Waals surface area contributed by atoms with Crippen molar-refractivity contribution in [3.05, 3.63) is 42.0 Å². The zero-order chi connectivity index (χ0) is 48.5. The molecule has 66 heavy (non-hydrogen) atoms. The molecule has 1 atom stereocenters. The first-order valence-electron chi connectivity index (χ1n) is 22.6. The summed E-state index contributed by atoms with van der Waals surface area (Å²) in [7, 11) is 0. The number of nitrogens with one attached hydrogen (secondary N) is 4. The summed E-state index contributed by atoms with van der Waals surface area (Å²) in [5.74, 6) is 3.16. The van der Waals surface area contributed by atoms with Crippen molar-refractivity contribution in [2.75, 3.05) is 64.5 Å². The Hall–Kier alpha value is -5.57. The normalized spacial score (nSPS) is 17.2. The highest BCUT2D eigenvalue weighted by molar-refractivity contribution is 6.31. The van der Waals surface area contributed by atoms with E-state index in [0.29, 0.717) is 95.7 Å². The highest BCUT2D eigenvalue weighted by atomic mass is 16.5. The van der Waals surface area contributed by atoms with Gasteiger partial charge in [-0.3, -0.25) is 43.5 Å². The summed E-state index contributed by atoms with van der Waals surface area (Å²) in [5.41, 5.74) is 6.24. The van der Waals surface area contributed by atoms with Crippen LogP contribution in [0.25, 0.3) is 0 Å². The average molecular weight is 926 g/mol. The minimum Gasteiger partial charge on any atom is -0.461 e. The van der Waals surface area contributed by atoms with Gasteiger partial charge >= 0.3 is 5.97 Å². The van der Waals surface area contributed by atoms with Crippen LogP contribution in [0.3, 0.4) is 0 Å². The number of esters is 1. The highest BCUT2D eigenvalue weighted by Crippen LogP contribution is 2.30. The zero-order valence-corrected chi connectivity index (χ0v) is 39.2. The molecule has 366 valence electrons. The van der Waals surface area contributed by atoms with Crippen LogP contribution in [-0.4, -0.2) is 135 Å². The van der Waals surface area contributed by atoms with E-state index >= 15 is 0 Å². The molecule has 20 heteroatoms. The molecule has 8 N–H and O–H groups in total. The molecule has 6 amide bonds. The van der Waals surface area contributed by atoms with Gasteiger partial charge in [0, 0.05) is 50.0 Å². The van der Waals surface area contributed by atoms with Crippen LogP contribution in [0.2, 0.25) is 0 Å². The predicted octanol–water partition coefficient (Wildman–Crippen LogP) is 2.04. The van der Waals surface area contributed by atoms with E-state index in [1.54, 1.807) is 24.3 Å². The summed E-state index contributed by atoms with van der Waals surface area (Å²) in [6.45, 7) is 10.8. The van der Waals surface area contributed by atoms with E-state index < -0.39 is 47.5 Å². The van der Waals surface area contributed by atoms with Crippen LogP contribution in [0.15, 0.2) is 46.5 Å². The third-order valence-electron chi connectivity index (χ3n) is 11.1. The molecular formula is C46H71N9O11. The van der Waals surface area contributed by atoms with E-state index in [1.165, 1.54) is 30.2 Å². The van der Waals surface area contributed by atoms with E-state index in [-0.39, 0.29) is 49.3 Å². The lowest BCUT2D eigenvalue weighted by Gasteiger charge is -2.30. The topological polar surface area (TPSA) is 285 Å². The fourth-order valence-electron chi connectivity index (χ4n) is 7.07. The molecular weight excluding hydrogens is 855 g/mol. The van der Waals surface area contributed by atoms with Crippen LogP contribution >= 0.6 is 0 Å². The number of hydrogen-bond acceptors (Lipinski definition) is 15. The molecule has 0 saturated heterocycles. The molecule has 1 aliphatic carbocycles. The van der Waals surface area contributed by atoms with E-state index in [1.807, 2.05) is 27.7 Å². The molecule has 0 aromatic heterocycles. The first kappa shape index (κ1) is 54.8. The zero-order valence-electron chi connectivity index (χ0n) is 39.2. The molecule has 1 aromatic rings. The van der Waals surface area contributed by atoms with Gasteiger partial charge in [0.05, 0.1) is 43.2 Å². The molecule has 0 spiro atoms. The standard InChI is InChI=1S/C46H71N9O11/c1-32(56)64-29-34-11-15-36(16-12-34)52-44(62)38(8-6-7-21-47)53-40(58)31-63-30-39(57)50-22-19-45(2,3)65-24-20-46(4,5)66-25-23-49-26-37(54-48)27-51-43(61)35-13-9-33(10-14-35)28-55-41(59)17-18-42(55)60/h11-12,15-18,26,33,35,38H,6-10,13-14,19-25,27-31,47-48H2,1-5H3,(H,50,57)(H,51,61)(H,52,62)(H,53,58). The number of hydrogen-bond donors (Lipinski definition) is 6. The van der Waals surface area contributed by atoms with Crippen molar-refractivity contribution >= 4 is 59.0 Å². The summed E-state index contributed by atoms with van der Waals surface area (Å²) >= 11 is 0. The summed E-state index contributed by atoms with van der Waals surface area (Å²) in [6, 6.07) is 5.95. The molecule has 3 rings (SSSR count). The minimum absolute atomic E-state index is 0.0899. The predicted molar refractivity (Wildman–Crippen MR) is 248 cm³/mol. The first-order valence-corrected chi connectivity index (χ1v) is 22.6. The Kier molecular flexibility index (Phi) is 23.6. The van der Waals surface area contributed by atoms with Gasteiger partial charge in [0.25, 0.3) is 11.8 Å². The van der Waals surface area contributed by atoms with Crippen LogP contribution < -0.4 is 32.8 Å². The molecule has 1 unspecified atom stereocenters. The van der Waals surface area contributed by atoms with Gasteiger partial charge in [-0.2, -0.15) is 5.10 Å². The second-order valence-electron chi connectivity index (χ2n) is 17.6. The van der Waals surface area contributed by atoms with Crippen molar-refractivity contribution in [2.24, 2.45) is 33.5 Å². The SMILES string of the molecule is CC(=O)OCc1ccc(NC(=O)C(CCCCN)NC(=O)COCC(=O)NCCC(C)(C)OCCC(C)(C)OCCN=CC(CNC(=O)C2CCC(CN3C(=O)C=CC3=O)CC2)=NN)cc1. The first-order chi connectivity index (χ1) is 31.4. The van der Waals surface area contributed by atoms with E-state index in [0.717, 1.165) is 18.4 Å². The van der Waals surface area contributed by atoms with Gasteiger partial charge in [-0.1, -0.05) is 12.1 Å². The largest absolute Gasteiger partial charge is 0.461 e. The highest BCUT2D eigenvalue weighted by Gasteiger charge is 2.31. The van der Waals surface area contributed by atoms with Gasteiger partial charge in [-0.05, 0) is 116 Å². The van der Waals surface area contributed by atoms with E-state index in [4.69, 9.17) is 30.5 Å². The molecule has 1 aliphatic heterocycles. The van der Waals surface area contributed by atoms with Crippen molar-refractivity contribution in [1.29, 1.82) is 0 Å². The van der Waals surface area contributed by atoms with Crippen LogP contribution in [0.1, 0.15) is 98.0 Å². The van der Waals surface area contributed by atoms with Crippen LogP contribution in [-0.2, 0) is 59.1 Å². The van der Waals surface area contributed by atoms with Crippen molar-refractivity contribution in [3.8, 4) is 0 Å². The van der Waals surface area contributed by atoms with Crippen molar-refractivity contribution in [3.63, 3.8) is 0 Å². The molecule has 1 aromatic carbocycles. The molecule has 20 nitrogen and oxygen atoms in total. The van der Waals surface area contributed by atoms with Crippen molar-refractivity contribution in [2.45, 2.75) is 116 Å². The lowest BCUT2D eigenvalue weighted by Crippen LogP contribution is -2.45. The Balaban J connectivity index is 1.25. The van der Waals surface area contributed by atoms with E-state index in [9.17, 15) is 33.6 Å². The number of amides is 6. The van der Waals surface area contributed by atoms with Gasteiger partial charge < -0.3 is 51.8 Å². The number of hydrazone groups is 1. The second-order valence-corrected chi connectivity index (χ2v) is 17.6. The number of ether oxygens (including phenoxy) is 4. The molecule has 1 saturated carbocycles. The van der Waals surface area contributed by atoms with Gasteiger partial charge in [0.15, 0.2) is 0 Å². The Morgan fingerprint density at radius 2 is 1.53 bits per heavy atom. The number of unbranched alkanes of at least 4 members (excludes halogenated alkanes) is 1. The Morgan fingerprint density at radius 1 is 0.879 bits per heavy atom. The number of nitrogens with zero attached hydrogens (tertiary/aromatic N) is 3. The van der Waals surface area contributed by atoms with Crippen LogP contribution in [0.5, 0.6) is 0 Å². The number of aliphatic imine (C=N–C) groups is 1. The third kappa shape index (κ3) is 21.6. The monoisotopic (exact) mass is 926 g/mol. The lowest BCUT2D eigenvalue weighted by atomic mass is 9.81. The maximum absolute atomic E-state index is 13.1. The van der Waals surface area contributed by atoms with Crippen molar-refractivity contribution in [1.82, 2.24) is 20.9 Å². The maximum Gasteiger partial charge on any atom is 0.302 e. The quantitative estimate of drug-likeness (QED) is 0.0161. The molecule has 1 heterocycles. The number of rotatable bonds is 30. The molecule has 0 bridgehead atoms. The van der Waals surface area contributed by atoms with Gasteiger partial charge in [0.1, 0.15) is 25.9 Å². The Morgan fingerprint density at radius 3 is 2.18 bits per heavy atom. The average Bonchev–Trinajstić information content (AvgIpc) is 3.58. The van der Waals surface area contributed by atoms with Crippen LogP contribution in [0.4, 0.5) is 5.69 Å². The van der Waals surface area contributed by atoms with Crippen molar-refractivity contribution < 1.29 is 52.5 Å². The maximum atomic E-state index is 13.1. The van der Waals surface area contributed by atoms with Gasteiger partial charge in [-0.25, -0.2) is 0 Å². The number of carbonyl (C=O) groups is 7. The summed E-state index contributed by atoms with van der Waals surface area (Å²) in [6.07, 6.45) is 9.70. The molecule has 0 radical (unpaired) electrons. The number of imide groups is 1. The summed E-state index contributed by atoms with van der Waals surface area (Å²) in [5, 5.41) is 14.9. The smallest absolute Gasteiger partial charge is 0.302 e. The summed E-state index contributed by atoms with van der Waals surface area (Å²) < 4.78 is 22.5. The van der Waals surface area contributed by atoms with E-state index in [2.05, 4.69) is 31.4 Å². The molecule has 2 aliphatic rings. The lowest BCUT2D eigenvalue weighted by molar-refractivity contribution is -0.142. The minimum atomic E-state index is -0.848. The van der Waals surface area contributed by atoms with Gasteiger partial charge in [-0.15, -0.1) is 0 Å². The fraction of sp³-hybridized carbons (Fsp3) is 0.630. The number of carbonyl (C=O) groups excluding carboxylic acids is 7. The number of anilines is 1. The van der Waals surface area contributed by atoms with Crippen LogP contribution in [0, 0.1) is 11.8 Å². The molecule has 1 fully saturated rings. The number of nitrogens with two attached hydrogens (primary N) is 2. The Bertz CT molecular complexity index is 1840. The Labute approximate surface area is 387 Å². The number of benzene rings is 1. The summed E-state index contributed by atoms with van der Waals surface area (Å²) in [4.78, 5) is 91.4. The fourth-order valence-corrected chi connectivity index (χ4v) is 7.07. The van der Waals surface area contributed by atoms with Gasteiger partial charge in [0.2, 0.25) is 23.6 Å².